The van der Waals surface area contributed by atoms with Gasteiger partial charge in [-0.25, -0.2) is 0 Å². The molecule has 0 unspecified atom stereocenters. The van der Waals surface area contributed by atoms with Crippen molar-refractivity contribution in [3.05, 3.63) is 29.3 Å². The normalized spacial score (nSPS) is 28.4. The molecule has 1 saturated heterocycles. The molecule has 0 aromatic heterocycles. The van der Waals surface area contributed by atoms with E-state index in [0.717, 1.165) is 5.69 Å². The molecule has 0 bridgehead atoms. The summed E-state index contributed by atoms with van der Waals surface area (Å²) in [4.78, 5) is 0. The van der Waals surface area contributed by atoms with E-state index in [4.69, 9.17) is 9.84 Å². The summed E-state index contributed by atoms with van der Waals surface area (Å²) in [7, 11) is 0. The Balaban J connectivity index is 2.00. The van der Waals surface area contributed by atoms with Crippen molar-refractivity contribution >= 4 is 5.69 Å². The Morgan fingerprint density at radius 1 is 1.35 bits per heavy atom. The Hall–Kier alpha value is -1.10. The van der Waals surface area contributed by atoms with Gasteiger partial charge in [0.25, 0.3) is 0 Å². The average Bonchev–Trinajstić information content (AvgIpc) is 2.64. The molecule has 1 aromatic rings. The summed E-state index contributed by atoms with van der Waals surface area (Å²) in [6, 6.07) is 6.09. The maximum Gasteiger partial charge on any atom is 0.130 e. The van der Waals surface area contributed by atoms with Crippen LogP contribution in [0.1, 0.15) is 17.5 Å². The van der Waals surface area contributed by atoms with Crippen LogP contribution in [0.3, 0.4) is 0 Å². The summed E-state index contributed by atoms with van der Waals surface area (Å²) >= 11 is 0. The van der Waals surface area contributed by atoms with Gasteiger partial charge in [0.1, 0.15) is 12.3 Å². The predicted octanol–water partition coefficient (Wildman–Crippen LogP) is 1.18. The van der Waals surface area contributed by atoms with Gasteiger partial charge in [-0.1, -0.05) is 6.07 Å². The number of hydrogen-bond donors (Lipinski definition) is 3. The second-order valence-electron chi connectivity index (χ2n) is 4.59. The number of aryl methyl sites for hydroxylation is 2. The zero-order valence-electron chi connectivity index (χ0n) is 10.2. The smallest absolute Gasteiger partial charge is 0.130 e. The van der Waals surface area contributed by atoms with Crippen LogP contribution in [0.4, 0.5) is 5.69 Å². The second kappa shape index (κ2) is 5.04. The minimum Gasteiger partial charge on any atom is -0.394 e. The first-order valence-electron chi connectivity index (χ1n) is 5.88. The Morgan fingerprint density at radius 3 is 2.71 bits per heavy atom. The minimum atomic E-state index is -0.593. The minimum absolute atomic E-state index is 0.147. The van der Waals surface area contributed by atoms with Gasteiger partial charge in [0.05, 0.1) is 12.7 Å². The summed E-state index contributed by atoms with van der Waals surface area (Å²) in [5, 5.41) is 21.8. The number of aliphatic hydroxyl groups excluding tert-OH is 2. The molecule has 2 rings (SSSR count). The lowest BCUT2D eigenvalue weighted by molar-refractivity contribution is -0.0149. The summed E-state index contributed by atoms with van der Waals surface area (Å²) in [5.41, 5.74) is 3.44. The van der Waals surface area contributed by atoms with E-state index in [0.29, 0.717) is 6.42 Å². The quantitative estimate of drug-likeness (QED) is 0.739. The molecule has 94 valence electrons. The predicted molar refractivity (Wildman–Crippen MR) is 65.9 cm³/mol. The fourth-order valence-corrected chi connectivity index (χ4v) is 2.00. The second-order valence-corrected chi connectivity index (χ2v) is 4.59. The molecule has 0 spiro atoms. The van der Waals surface area contributed by atoms with Crippen LogP contribution in [0.2, 0.25) is 0 Å². The zero-order valence-corrected chi connectivity index (χ0v) is 10.2. The highest BCUT2D eigenvalue weighted by atomic mass is 16.5. The van der Waals surface area contributed by atoms with E-state index >= 15 is 0 Å². The molecular weight excluding hydrogens is 218 g/mol. The third-order valence-electron chi connectivity index (χ3n) is 3.24. The Morgan fingerprint density at radius 2 is 2.12 bits per heavy atom. The maximum absolute atomic E-state index is 9.61. The Kier molecular flexibility index (Phi) is 3.66. The van der Waals surface area contributed by atoms with Gasteiger partial charge >= 0.3 is 0 Å². The van der Waals surface area contributed by atoms with Crippen molar-refractivity contribution < 1.29 is 14.9 Å². The van der Waals surface area contributed by atoms with E-state index in [1.165, 1.54) is 11.1 Å². The third-order valence-corrected chi connectivity index (χ3v) is 3.24. The molecule has 1 fully saturated rings. The monoisotopic (exact) mass is 237 g/mol. The molecule has 0 saturated carbocycles. The maximum atomic E-state index is 9.61. The fourth-order valence-electron chi connectivity index (χ4n) is 2.00. The number of aliphatic hydroxyl groups is 2. The SMILES string of the molecule is Cc1ccc(N[C@H]2C[C@@H](O)[C@@H](CO)O2)cc1C. The first-order chi connectivity index (χ1) is 8.10. The van der Waals surface area contributed by atoms with Crippen molar-refractivity contribution in [3.8, 4) is 0 Å². The molecule has 3 N–H and O–H groups in total. The van der Waals surface area contributed by atoms with E-state index in [2.05, 4.69) is 25.2 Å². The number of hydrogen-bond acceptors (Lipinski definition) is 4. The zero-order chi connectivity index (χ0) is 12.4. The van der Waals surface area contributed by atoms with Crippen molar-refractivity contribution in [1.29, 1.82) is 0 Å². The molecule has 0 radical (unpaired) electrons. The number of rotatable bonds is 3. The molecule has 17 heavy (non-hydrogen) atoms. The lowest BCUT2D eigenvalue weighted by Crippen LogP contribution is -2.25. The van der Waals surface area contributed by atoms with Gasteiger partial charge in [0.15, 0.2) is 0 Å². The third kappa shape index (κ3) is 2.77. The van der Waals surface area contributed by atoms with E-state index in [1.807, 2.05) is 12.1 Å². The highest BCUT2D eigenvalue weighted by Gasteiger charge is 2.33. The topological polar surface area (TPSA) is 61.7 Å². The number of ether oxygens (including phenoxy) is 1. The largest absolute Gasteiger partial charge is 0.394 e. The van der Waals surface area contributed by atoms with Gasteiger partial charge in [-0.15, -0.1) is 0 Å². The van der Waals surface area contributed by atoms with Crippen LogP contribution in [-0.2, 0) is 4.74 Å². The highest BCUT2D eigenvalue weighted by Crippen LogP contribution is 2.23. The number of benzene rings is 1. The molecule has 1 aromatic carbocycles. The van der Waals surface area contributed by atoms with Crippen LogP contribution >= 0.6 is 0 Å². The molecule has 4 nitrogen and oxygen atoms in total. The van der Waals surface area contributed by atoms with Crippen LogP contribution in [-0.4, -0.2) is 35.3 Å². The standard InChI is InChI=1S/C13H19NO3/c1-8-3-4-10(5-9(8)2)14-13-6-11(16)12(7-15)17-13/h3-5,11-16H,6-7H2,1-2H3/t11-,12-,13-/m1/s1. The first-order valence-corrected chi connectivity index (χ1v) is 5.88. The lowest BCUT2D eigenvalue weighted by atomic mass is 10.1. The molecular formula is C13H19NO3. The molecule has 4 heteroatoms. The van der Waals surface area contributed by atoms with Gasteiger partial charge in [-0.3, -0.25) is 0 Å². The summed E-state index contributed by atoms with van der Waals surface area (Å²) in [6.07, 6.45) is -0.801. The number of nitrogens with one attached hydrogen (secondary N) is 1. The fraction of sp³-hybridized carbons (Fsp3) is 0.538. The first kappa shape index (κ1) is 12.4. The van der Waals surface area contributed by atoms with Gasteiger partial charge in [-0.05, 0) is 37.1 Å². The van der Waals surface area contributed by atoms with E-state index in [9.17, 15) is 5.11 Å². The van der Waals surface area contributed by atoms with Crippen molar-refractivity contribution in [1.82, 2.24) is 0 Å². The lowest BCUT2D eigenvalue weighted by Gasteiger charge is -2.15. The molecule has 1 aliphatic rings. The van der Waals surface area contributed by atoms with Gasteiger partial charge < -0.3 is 20.3 Å². The van der Waals surface area contributed by atoms with Crippen LogP contribution in [0.25, 0.3) is 0 Å². The van der Waals surface area contributed by atoms with Crippen LogP contribution in [0.5, 0.6) is 0 Å². The summed E-state index contributed by atoms with van der Waals surface area (Å²) < 4.78 is 5.49. The summed E-state index contributed by atoms with van der Waals surface area (Å²) in [5.74, 6) is 0. The average molecular weight is 237 g/mol. The molecule has 1 aliphatic heterocycles. The molecule has 1 heterocycles. The molecule has 0 aliphatic carbocycles. The van der Waals surface area contributed by atoms with E-state index < -0.39 is 12.2 Å². The van der Waals surface area contributed by atoms with Crippen molar-refractivity contribution in [2.24, 2.45) is 0 Å². The molecule has 3 atom stereocenters. The van der Waals surface area contributed by atoms with Gasteiger partial charge in [0, 0.05) is 12.1 Å². The van der Waals surface area contributed by atoms with Crippen molar-refractivity contribution in [2.75, 3.05) is 11.9 Å². The van der Waals surface area contributed by atoms with Crippen LogP contribution < -0.4 is 5.32 Å². The van der Waals surface area contributed by atoms with Gasteiger partial charge in [-0.2, -0.15) is 0 Å². The van der Waals surface area contributed by atoms with Crippen molar-refractivity contribution in [3.63, 3.8) is 0 Å². The number of anilines is 1. The van der Waals surface area contributed by atoms with Crippen LogP contribution in [0.15, 0.2) is 18.2 Å². The summed E-state index contributed by atoms with van der Waals surface area (Å²) in [6.45, 7) is 3.98. The highest BCUT2D eigenvalue weighted by molar-refractivity contribution is 5.48. The molecule has 0 amide bonds. The van der Waals surface area contributed by atoms with E-state index in [-0.39, 0.29) is 12.8 Å². The van der Waals surface area contributed by atoms with Gasteiger partial charge in [0.2, 0.25) is 0 Å². The van der Waals surface area contributed by atoms with Crippen LogP contribution in [0, 0.1) is 13.8 Å². The Labute approximate surface area is 101 Å². The Bertz CT molecular complexity index is 394. The van der Waals surface area contributed by atoms with Crippen molar-refractivity contribution in [2.45, 2.75) is 38.7 Å². The van der Waals surface area contributed by atoms with E-state index in [1.54, 1.807) is 0 Å².